The lowest BCUT2D eigenvalue weighted by atomic mass is 9.79. The first-order valence-corrected chi connectivity index (χ1v) is 13.3. The number of thiophene rings is 1. The summed E-state index contributed by atoms with van der Waals surface area (Å²) >= 11 is 1.49. The topological polar surface area (TPSA) is 37.3 Å². The molecule has 0 bridgehead atoms. The van der Waals surface area contributed by atoms with Crippen LogP contribution in [0.2, 0.25) is 0 Å². The van der Waals surface area contributed by atoms with E-state index in [9.17, 15) is 9.90 Å². The molecule has 0 saturated heterocycles. The smallest absolute Gasteiger partial charge is 0.345 e. The van der Waals surface area contributed by atoms with Crippen LogP contribution in [0.4, 0.5) is 0 Å². The molecule has 0 aliphatic heterocycles. The molecular weight excluding hydrogens is 376 g/mol. The van der Waals surface area contributed by atoms with E-state index in [4.69, 9.17) is 0 Å². The molecule has 0 saturated carbocycles. The summed E-state index contributed by atoms with van der Waals surface area (Å²) in [7, 11) is 0. The molecule has 0 aliphatic rings. The highest BCUT2D eigenvalue weighted by atomic mass is 32.1. The van der Waals surface area contributed by atoms with Gasteiger partial charge in [-0.15, -0.1) is 11.3 Å². The lowest BCUT2D eigenvalue weighted by molar-refractivity contribution is 0.0702. The number of carboxylic acid groups (broad SMARTS) is 1. The molecule has 0 fully saturated rings. The van der Waals surface area contributed by atoms with E-state index in [-0.39, 0.29) is 0 Å². The van der Waals surface area contributed by atoms with Crippen molar-refractivity contribution in [1.29, 1.82) is 0 Å². The number of hydrogen-bond donors (Lipinski definition) is 1. The van der Waals surface area contributed by atoms with Gasteiger partial charge in [0.1, 0.15) is 4.88 Å². The zero-order valence-corrected chi connectivity index (χ0v) is 20.2. The summed E-state index contributed by atoms with van der Waals surface area (Å²) in [6.07, 6.45) is 21.2. The van der Waals surface area contributed by atoms with E-state index >= 15 is 0 Å². The highest BCUT2D eigenvalue weighted by molar-refractivity contribution is 7.13. The van der Waals surface area contributed by atoms with Crippen molar-refractivity contribution in [3.8, 4) is 0 Å². The Balaban J connectivity index is 2.65. The Bertz CT molecular complexity index is 523. The fraction of sp³-hybridized carbons (Fsp3) is 0.808. The minimum Gasteiger partial charge on any atom is -0.477 e. The summed E-state index contributed by atoms with van der Waals surface area (Å²) in [5.41, 5.74) is 0. The SMILES string of the molecule is CCCCCCCCC(Cc1ccc(C(=O)O)s1)C(CCC)CCCCCCC. The van der Waals surface area contributed by atoms with Gasteiger partial charge in [0.05, 0.1) is 0 Å². The van der Waals surface area contributed by atoms with Crippen LogP contribution in [0, 0.1) is 11.8 Å². The summed E-state index contributed by atoms with van der Waals surface area (Å²) in [5.74, 6) is 0.731. The van der Waals surface area contributed by atoms with Gasteiger partial charge in [0.2, 0.25) is 0 Å². The number of carboxylic acids is 1. The van der Waals surface area contributed by atoms with Crippen molar-refractivity contribution in [3.05, 3.63) is 21.9 Å². The molecule has 2 atom stereocenters. The van der Waals surface area contributed by atoms with Gasteiger partial charge >= 0.3 is 5.97 Å². The first-order chi connectivity index (χ1) is 14.1. The maximum atomic E-state index is 11.3. The predicted octanol–water partition coefficient (Wildman–Crippen LogP) is 9.13. The first kappa shape index (κ1) is 26.2. The van der Waals surface area contributed by atoms with Crippen molar-refractivity contribution in [2.24, 2.45) is 11.8 Å². The molecule has 2 unspecified atom stereocenters. The van der Waals surface area contributed by atoms with Gasteiger partial charge in [0.15, 0.2) is 0 Å². The van der Waals surface area contributed by atoms with E-state index in [1.54, 1.807) is 6.07 Å². The third-order valence-electron chi connectivity index (χ3n) is 6.27. The molecule has 0 aromatic carbocycles. The second-order valence-electron chi connectivity index (χ2n) is 8.84. The summed E-state index contributed by atoms with van der Waals surface area (Å²) in [6, 6.07) is 3.86. The molecule has 0 radical (unpaired) electrons. The van der Waals surface area contributed by atoms with Crippen LogP contribution in [0.15, 0.2) is 12.1 Å². The molecule has 3 heteroatoms. The lowest BCUT2D eigenvalue weighted by Crippen LogP contribution is -2.17. The van der Waals surface area contributed by atoms with Gasteiger partial charge in [-0.1, -0.05) is 111 Å². The van der Waals surface area contributed by atoms with Crippen molar-refractivity contribution >= 4 is 17.3 Å². The Morgan fingerprint density at radius 1 is 0.759 bits per heavy atom. The summed E-state index contributed by atoms with van der Waals surface area (Å²) in [4.78, 5) is 13.0. The number of hydrogen-bond acceptors (Lipinski definition) is 2. The van der Waals surface area contributed by atoms with Gasteiger partial charge in [-0.05, 0) is 36.8 Å². The van der Waals surface area contributed by atoms with Gasteiger partial charge in [-0.25, -0.2) is 4.79 Å². The van der Waals surface area contributed by atoms with Crippen LogP contribution >= 0.6 is 11.3 Å². The molecule has 0 amide bonds. The maximum absolute atomic E-state index is 11.3. The Morgan fingerprint density at radius 3 is 1.83 bits per heavy atom. The number of carbonyl (C=O) groups is 1. The van der Waals surface area contributed by atoms with Crippen LogP contribution in [0.5, 0.6) is 0 Å². The molecule has 1 rings (SSSR count). The van der Waals surface area contributed by atoms with Crippen molar-refractivity contribution in [2.45, 2.75) is 124 Å². The predicted molar refractivity (Wildman–Crippen MR) is 128 cm³/mol. The molecule has 1 N–H and O–H groups in total. The number of aromatic carboxylic acids is 1. The second kappa shape index (κ2) is 16.9. The van der Waals surface area contributed by atoms with Gasteiger partial charge in [0.25, 0.3) is 0 Å². The Hall–Kier alpha value is -0.830. The van der Waals surface area contributed by atoms with Crippen molar-refractivity contribution in [1.82, 2.24) is 0 Å². The van der Waals surface area contributed by atoms with E-state index < -0.39 is 5.97 Å². The quantitative estimate of drug-likeness (QED) is 0.226. The molecular formula is C26H46O2S. The van der Waals surface area contributed by atoms with Crippen molar-refractivity contribution in [2.75, 3.05) is 0 Å². The highest BCUT2D eigenvalue weighted by Crippen LogP contribution is 2.33. The molecule has 0 aliphatic carbocycles. The minimum atomic E-state index is -0.783. The fourth-order valence-electron chi connectivity index (χ4n) is 4.55. The van der Waals surface area contributed by atoms with Gasteiger partial charge in [-0.2, -0.15) is 0 Å². The average Bonchev–Trinajstić information content (AvgIpc) is 3.18. The normalized spacial score (nSPS) is 13.5. The Labute approximate surface area is 184 Å². The van der Waals surface area contributed by atoms with Crippen LogP contribution in [0.3, 0.4) is 0 Å². The third-order valence-corrected chi connectivity index (χ3v) is 7.36. The maximum Gasteiger partial charge on any atom is 0.345 e. The largest absolute Gasteiger partial charge is 0.477 e. The summed E-state index contributed by atoms with van der Waals surface area (Å²) < 4.78 is 0. The first-order valence-electron chi connectivity index (χ1n) is 12.4. The fourth-order valence-corrected chi connectivity index (χ4v) is 5.49. The number of unbranched alkanes of at least 4 members (excludes halogenated alkanes) is 9. The minimum absolute atomic E-state index is 0.491. The van der Waals surface area contributed by atoms with Gasteiger partial charge < -0.3 is 5.11 Å². The molecule has 1 heterocycles. The molecule has 29 heavy (non-hydrogen) atoms. The van der Waals surface area contributed by atoms with Crippen molar-refractivity contribution in [3.63, 3.8) is 0 Å². The van der Waals surface area contributed by atoms with Crippen molar-refractivity contribution < 1.29 is 9.90 Å². The molecule has 1 aromatic rings. The van der Waals surface area contributed by atoms with E-state index in [0.29, 0.717) is 10.8 Å². The molecule has 1 aromatic heterocycles. The van der Waals surface area contributed by atoms with E-state index in [0.717, 1.165) is 12.3 Å². The van der Waals surface area contributed by atoms with Crippen LogP contribution in [0.25, 0.3) is 0 Å². The standard InChI is InChI=1S/C26H46O2S/c1-4-7-9-11-13-15-18-23(21-24-19-20-25(29-24)26(27)28)22(16-6-3)17-14-12-10-8-5-2/h19-20,22-23H,4-18,21H2,1-3H3,(H,27,28). The van der Waals surface area contributed by atoms with E-state index in [1.165, 1.54) is 113 Å². The van der Waals surface area contributed by atoms with Crippen LogP contribution < -0.4 is 0 Å². The molecule has 0 spiro atoms. The van der Waals surface area contributed by atoms with E-state index in [2.05, 4.69) is 26.8 Å². The van der Waals surface area contributed by atoms with Crippen LogP contribution in [-0.4, -0.2) is 11.1 Å². The average molecular weight is 423 g/mol. The van der Waals surface area contributed by atoms with Crippen LogP contribution in [0.1, 0.15) is 132 Å². The third kappa shape index (κ3) is 11.8. The second-order valence-corrected chi connectivity index (χ2v) is 10.0. The van der Waals surface area contributed by atoms with Gasteiger partial charge in [0, 0.05) is 4.88 Å². The Kier molecular flexibility index (Phi) is 15.3. The lowest BCUT2D eigenvalue weighted by Gasteiger charge is -2.27. The van der Waals surface area contributed by atoms with Crippen LogP contribution in [-0.2, 0) is 6.42 Å². The Morgan fingerprint density at radius 2 is 1.31 bits per heavy atom. The molecule has 168 valence electrons. The summed E-state index contributed by atoms with van der Waals surface area (Å²) in [6.45, 7) is 6.88. The van der Waals surface area contributed by atoms with E-state index in [1.807, 2.05) is 0 Å². The number of rotatable bonds is 19. The summed E-state index contributed by atoms with van der Waals surface area (Å²) in [5, 5.41) is 9.27. The molecule has 2 nitrogen and oxygen atoms in total. The zero-order chi connectivity index (χ0) is 21.3. The van der Waals surface area contributed by atoms with Gasteiger partial charge in [-0.3, -0.25) is 0 Å². The monoisotopic (exact) mass is 422 g/mol. The zero-order valence-electron chi connectivity index (χ0n) is 19.4. The highest BCUT2D eigenvalue weighted by Gasteiger charge is 2.22.